The first-order valence-electron chi connectivity index (χ1n) is 11.0. The van der Waals surface area contributed by atoms with Crippen molar-refractivity contribution in [1.29, 1.82) is 0 Å². The van der Waals surface area contributed by atoms with Gasteiger partial charge in [-0.15, -0.1) is 0 Å². The predicted molar refractivity (Wildman–Crippen MR) is 132 cm³/mol. The number of anilines is 2. The number of aliphatic imine (C=N–C) groups is 1. The zero-order valence-corrected chi connectivity index (χ0v) is 20.7. The van der Waals surface area contributed by atoms with Crippen molar-refractivity contribution in [3.8, 4) is 0 Å². The molecule has 1 amide bonds. The average molecular weight is 520 g/mol. The molecule has 13 heteroatoms. The molecule has 1 aromatic heterocycles. The summed E-state index contributed by atoms with van der Waals surface area (Å²) in [5.74, 6) is 0.0337. The number of benzene rings is 1. The summed E-state index contributed by atoms with van der Waals surface area (Å²) in [4.78, 5) is 39.7. The summed E-state index contributed by atoms with van der Waals surface area (Å²) in [5.41, 5.74) is 11.7. The van der Waals surface area contributed by atoms with Crippen molar-refractivity contribution in [3.63, 3.8) is 0 Å². The van der Waals surface area contributed by atoms with Crippen molar-refractivity contribution in [2.75, 3.05) is 37.4 Å². The van der Waals surface area contributed by atoms with E-state index in [1.54, 1.807) is 17.0 Å². The Morgan fingerprint density at radius 3 is 2.37 bits per heavy atom. The van der Waals surface area contributed by atoms with Gasteiger partial charge < -0.3 is 21.7 Å². The molecule has 186 valence electrons. The van der Waals surface area contributed by atoms with Crippen LogP contribution in [0.5, 0.6) is 0 Å². The van der Waals surface area contributed by atoms with Gasteiger partial charge in [0.15, 0.2) is 38.1 Å². The molecule has 1 aromatic carbocycles. The van der Waals surface area contributed by atoms with Crippen molar-refractivity contribution in [3.05, 3.63) is 40.7 Å². The molecule has 0 bridgehead atoms. The fraction of sp³-hybridized carbons (Fsp3) is 0.409. The van der Waals surface area contributed by atoms with Crippen molar-refractivity contribution < 1.29 is 18.0 Å². The van der Waals surface area contributed by atoms with E-state index < -0.39 is 9.84 Å². The molecule has 1 fully saturated rings. The summed E-state index contributed by atoms with van der Waals surface area (Å²) in [6, 6.07) is 6.37. The molecule has 4 rings (SSSR count). The maximum atomic E-state index is 12.8. The van der Waals surface area contributed by atoms with Crippen molar-refractivity contribution in [2.45, 2.75) is 36.1 Å². The molecule has 11 nitrogen and oxygen atoms in total. The van der Waals surface area contributed by atoms with Crippen LogP contribution in [0.3, 0.4) is 0 Å². The van der Waals surface area contributed by atoms with Gasteiger partial charge in [0.05, 0.1) is 29.8 Å². The summed E-state index contributed by atoms with van der Waals surface area (Å²) in [7, 11) is -3.27. The summed E-state index contributed by atoms with van der Waals surface area (Å²) < 4.78 is 23.2. The van der Waals surface area contributed by atoms with Crippen molar-refractivity contribution in [1.82, 2.24) is 20.2 Å². The van der Waals surface area contributed by atoms with Gasteiger partial charge in [-0.3, -0.25) is 14.6 Å². The highest BCUT2D eigenvalue weighted by Gasteiger charge is 2.40. The Bertz CT molecular complexity index is 1300. The normalized spacial score (nSPS) is 17.2. The number of hydrogen-bond donors (Lipinski definition) is 3. The number of aromatic nitrogens is 2. The molecule has 0 atom stereocenters. The van der Waals surface area contributed by atoms with Crippen LogP contribution in [0.1, 0.15) is 35.3 Å². The number of ketones is 1. The number of hydrogen-bond acceptors (Lipinski definition) is 10. The molecular weight excluding hydrogens is 494 g/mol. The van der Waals surface area contributed by atoms with E-state index in [4.69, 9.17) is 23.1 Å². The summed E-state index contributed by atoms with van der Waals surface area (Å²) in [6.07, 6.45) is 2.70. The monoisotopic (exact) mass is 519 g/mol. The molecule has 1 saturated heterocycles. The highest BCUT2D eigenvalue weighted by atomic mass is 35.5. The third-order valence-corrected chi connectivity index (χ3v) is 7.67. The lowest BCUT2D eigenvalue weighted by Gasteiger charge is -2.39. The maximum absolute atomic E-state index is 12.8. The van der Waals surface area contributed by atoms with E-state index in [1.165, 1.54) is 12.1 Å². The van der Waals surface area contributed by atoms with Gasteiger partial charge in [0.1, 0.15) is 5.84 Å². The number of carbonyl (C=O) groups excluding carboxylic acids is 2. The van der Waals surface area contributed by atoms with E-state index >= 15 is 0 Å². The Morgan fingerprint density at radius 2 is 1.74 bits per heavy atom. The van der Waals surface area contributed by atoms with Crippen LogP contribution < -0.4 is 16.8 Å². The molecule has 35 heavy (non-hydrogen) atoms. The molecule has 3 heterocycles. The number of rotatable bonds is 6. The zero-order chi connectivity index (χ0) is 25.4. The van der Waals surface area contributed by atoms with E-state index in [2.05, 4.69) is 20.3 Å². The number of nitrogens with one attached hydrogen (secondary N) is 1. The van der Waals surface area contributed by atoms with Crippen LogP contribution in [0.15, 0.2) is 34.2 Å². The van der Waals surface area contributed by atoms with Crippen molar-refractivity contribution in [2.24, 2.45) is 4.99 Å². The molecule has 5 N–H and O–H groups in total. The molecule has 0 aliphatic carbocycles. The Morgan fingerprint density at radius 1 is 1.09 bits per heavy atom. The SMILES string of the molecule is CS(=O)(=O)c1ccc(CC(=O)N2CCC3(CC2)CN=C(CC(=O)c2nc(Cl)c(N)nc2N)N3)cc1. The number of amides is 1. The average Bonchev–Trinajstić information content (AvgIpc) is 3.18. The van der Waals surface area contributed by atoms with E-state index in [-0.39, 0.29) is 57.4 Å². The number of halogens is 1. The minimum Gasteiger partial charge on any atom is -0.382 e. The number of sulfone groups is 1. The first kappa shape index (κ1) is 24.9. The van der Waals surface area contributed by atoms with Crippen LogP contribution in [-0.2, 0) is 21.1 Å². The second-order valence-electron chi connectivity index (χ2n) is 8.88. The van der Waals surface area contributed by atoms with E-state index in [0.717, 1.165) is 11.8 Å². The van der Waals surface area contributed by atoms with E-state index in [0.29, 0.717) is 38.3 Å². The number of nitrogen functional groups attached to an aromatic ring is 2. The number of nitrogens with two attached hydrogens (primary N) is 2. The molecule has 0 saturated carbocycles. The van der Waals surface area contributed by atoms with E-state index in [9.17, 15) is 18.0 Å². The maximum Gasteiger partial charge on any atom is 0.226 e. The minimum atomic E-state index is -3.27. The summed E-state index contributed by atoms with van der Waals surface area (Å²) >= 11 is 5.87. The fourth-order valence-electron chi connectivity index (χ4n) is 4.22. The largest absolute Gasteiger partial charge is 0.382 e. The predicted octanol–water partition coefficient (Wildman–Crippen LogP) is 0.876. The minimum absolute atomic E-state index is 0.0180. The van der Waals surface area contributed by atoms with Crippen LogP contribution in [0.4, 0.5) is 11.6 Å². The summed E-state index contributed by atoms with van der Waals surface area (Å²) in [5, 5.41) is 3.29. The Hall–Kier alpha value is -3.25. The Kier molecular flexibility index (Phi) is 6.69. The van der Waals surface area contributed by atoms with Gasteiger partial charge in [-0.05, 0) is 30.5 Å². The Labute approximate surface area is 207 Å². The first-order chi connectivity index (χ1) is 16.5. The lowest BCUT2D eigenvalue weighted by atomic mass is 9.88. The molecule has 2 aliphatic rings. The van der Waals surface area contributed by atoms with Gasteiger partial charge in [-0.2, -0.15) is 0 Å². The number of amidine groups is 1. The standard InChI is InChI=1S/C22H26ClN7O4S/c1-35(33,34)14-4-2-13(3-5-14)10-17(32)30-8-6-22(7-9-30)12-26-16(29-22)11-15(31)18-20(24)28-21(25)19(23)27-18/h2-5H,6-12H2,1H3,(H,26,29)(H4,24,25,28). The van der Waals surface area contributed by atoms with Gasteiger partial charge in [0, 0.05) is 19.3 Å². The highest BCUT2D eigenvalue weighted by molar-refractivity contribution is 7.90. The van der Waals surface area contributed by atoms with Gasteiger partial charge in [-0.1, -0.05) is 23.7 Å². The fourth-order valence-corrected chi connectivity index (χ4v) is 4.98. The lowest BCUT2D eigenvalue weighted by molar-refractivity contribution is -0.132. The smallest absolute Gasteiger partial charge is 0.226 e. The Balaban J connectivity index is 1.30. The van der Waals surface area contributed by atoms with Gasteiger partial charge in [0.25, 0.3) is 0 Å². The van der Waals surface area contributed by atoms with Crippen LogP contribution in [0, 0.1) is 0 Å². The highest BCUT2D eigenvalue weighted by Crippen LogP contribution is 2.28. The zero-order valence-electron chi connectivity index (χ0n) is 19.1. The molecule has 2 aromatic rings. The van der Waals surface area contributed by atoms with Gasteiger partial charge in [-0.25, -0.2) is 18.4 Å². The second-order valence-corrected chi connectivity index (χ2v) is 11.2. The third-order valence-electron chi connectivity index (χ3n) is 6.26. The second kappa shape index (κ2) is 9.42. The molecule has 1 spiro atoms. The number of Topliss-reactive ketones (excluding diaryl/α,β-unsaturated/α-hetero) is 1. The van der Waals surface area contributed by atoms with Crippen LogP contribution >= 0.6 is 11.6 Å². The quantitative estimate of drug-likeness (QED) is 0.468. The molecular formula is C22H26ClN7O4S. The van der Waals surface area contributed by atoms with Gasteiger partial charge >= 0.3 is 0 Å². The molecule has 0 unspecified atom stereocenters. The number of piperidine rings is 1. The van der Waals surface area contributed by atoms with E-state index in [1.807, 2.05) is 0 Å². The van der Waals surface area contributed by atoms with Crippen molar-refractivity contribution >= 4 is 50.6 Å². The van der Waals surface area contributed by atoms with Gasteiger partial charge in [0.2, 0.25) is 5.91 Å². The lowest BCUT2D eigenvalue weighted by Crippen LogP contribution is -2.55. The van der Waals surface area contributed by atoms with Crippen LogP contribution in [0.2, 0.25) is 5.15 Å². The molecule has 2 aliphatic heterocycles. The number of nitrogens with zero attached hydrogens (tertiary/aromatic N) is 4. The first-order valence-corrected chi connectivity index (χ1v) is 13.2. The summed E-state index contributed by atoms with van der Waals surface area (Å²) in [6.45, 7) is 1.61. The number of likely N-dealkylation sites (tertiary alicyclic amines) is 1. The molecule has 0 radical (unpaired) electrons. The van der Waals surface area contributed by atoms with Crippen LogP contribution in [-0.4, -0.2) is 72.2 Å². The topological polar surface area (TPSA) is 174 Å². The van der Waals surface area contributed by atoms with Crippen LogP contribution in [0.25, 0.3) is 0 Å². The number of carbonyl (C=O) groups is 2. The third kappa shape index (κ3) is 5.54.